The molecule has 138 valence electrons. The minimum Gasteiger partial charge on any atom is -0.345 e. The number of hydrogen-bond donors (Lipinski definition) is 1. The Labute approximate surface area is 156 Å². The molecular formula is C21H19FN2O3. The smallest absolute Gasteiger partial charge is 0.262 e. The van der Waals surface area contributed by atoms with Crippen LogP contribution in [0, 0.1) is 5.82 Å². The average molecular weight is 366 g/mol. The largest absolute Gasteiger partial charge is 0.345 e. The molecule has 0 saturated heterocycles. The lowest BCUT2D eigenvalue weighted by Crippen LogP contribution is -2.57. The summed E-state index contributed by atoms with van der Waals surface area (Å²) in [6.45, 7) is 1.55. The van der Waals surface area contributed by atoms with Crippen molar-refractivity contribution in [2.75, 3.05) is 0 Å². The van der Waals surface area contributed by atoms with Crippen LogP contribution in [0.4, 0.5) is 4.39 Å². The highest BCUT2D eigenvalue weighted by Crippen LogP contribution is 2.41. The summed E-state index contributed by atoms with van der Waals surface area (Å²) in [5.41, 5.74) is 0.897. The molecule has 2 aromatic carbocycles. The number of imide groups is 1. The van der Waals surface area contributed by atoms with Crippen molar-refractivity contribution in [3.8, 4) is 0 Å². The number of carbonyl (C=O) groups is 3. The van der Waals surface area contributed by atoms with Crippen molar-refractivity contribution in [2.24, 2.45) is 0 Å². The molecule has 1 heterocycles. The Hall–Kier alpha value is -3.02. The molecule has 1 atom stereocenters. The summed E-state index contributed by atoms with van der Waals surface area (Å²) >= 11 is 0. The van der Waals surface area contributed by atoms with E-state index in [2.05, 4.69) is 5.32 Å². The van der Waals surface area contributed by atoms with E-state index in [1.54, 1.807) is 43.3 Å². The molecule has 0 aromatic heterocycles. The number of benzene rings is 2. The highest BCUT2D eigenvalue weighted by molar-refractivity contribution is 6.22. The molecule has 6 heteroatoms. The summed E-state index contributed by atoms with van der Waals surface area (Å²) in [5.74, 6) is -1.64. The van der Waals surface area contributed by atoms with Crippen molar-refractivity contribution in [1.82, 2.24) is 10.2 Å². The van der Waals surface area contributed by atoms with Crippen molar-refractivity contribution in [2.45, 2.75) is 37.8 Å². The van der Waals surface area contributed by atoms with Gasteiger partial charge in [-0.25, -0.2) is 4.39 Å². The van der Waals surface area contributed by atoms with Gasteiger partial charge in [-0.2, -0.15) is 0 Å². The van der Waals surface area contributed by atoms with Crippen LogP contribution >= 0.6 is 0 Å². The maximum atomic E-state index is 13.2. The van der Waals surface area contributed by atoms with E-state index in [-0.39, 0.29) is 5.82 Å². The lowest BCUT2D eigenvalue weighted by Gasteiger charge is -2.44. The molecule has 5 nitrogen and oxygen atoms in total. The molecule has 1 aliphatic carbocycles. The van der Waals surface area contributed by atoms with Gasteiger partial charge in [-0.05, 0) is 56.0 Å². The molecule has 1 fully saturated rings. The topological polar surface area (TPSA) is 66.5 Å². The first-order valence-electron chi connectivity index (χ1n) is 8.98. The predicted molar refractivity (Wildman–Crippen MR) is 96.5 cm³/mol. The van der Waals surface area contributed by atoms with E-state index in [0.717, 1.165) is 29.7 Å². The zero-order valence-corrected chi connectivity index (χ0v) is 14.9. The van der Waals surface area contributed by atoms with E-state index >= 15 is 0 Å². The number of nitrogens with zero attached hydrogens (tertiary/aromatic N) is 1. The standard InChI is InChI=1S/C21H19FN2O3/c1-13(24-19(26)16-5-2-3-6-17(16)20(24)27)18(25)23-21(11-4-12-21)14-7-9-15(22)10-8-14/h2-3,5-10,13H,4,11-12H2,1H3,(H,23,25). The fourth-order valence-corrected chi connectivity index (χ4v) is 3.80. The minimum absolute atomic E-state index is 0.319. The van der Waals surface area contributed by atoms with E-state index in [1.165, 1.54) is 12.1 Å². The van der Waals surface area contributed by atoms with Crippen molar-refractivity contribution in [3.05, 3.63) is 71.0 Å². The first kappa shape index (κ1) is 17.4. The molecule has 2 aromatic rings. The summed E-state index contributed by atoms with van der Waals surface area (Å²) in [6.07, 6.45) is 2.41. The third-order valence-electron chi connectivity index (χ3n) is 5.56. The Balaban J connectivity index is 1.56. The number of halogens is 1. The second kappa shape index (κ2) is 6.30. The summed E-state index contributed by atoms with van der Waals surface area (Å²) in [6, 6.07) is 11.7. The van der Waals surface area contributed by atoms with Gasteiger partial charge in [-0.1, -0.05) is 24.3 Å². The Morgan fingerprint density at radius 3 is 2.07 bits per heavy atom. The van der Waals surface area contributed by atoms with Gasteiger partial charge < -0.3 is 5.32 Å². The SMILES string of the molecule is CC(C(=O)NC1(c2ccc(F)cc2)CCC1)N1C(=O)c2ccccc2C1=O. The lowest BCUT2D eigenvalue weighted by molar-refractivity contribution is -0.127. The summed E-state index contributed by atoms with van der Waals surface area (Å²) in [5, 5.41) is 3.00. The van der Waals surface area contributed by atoms with Crippen molar-refractivity contribution >= 4 is 17.7 Å². The van der Waals surface area contributed by atoms with Crippen LogP contribution in [0.1, 0.15) is 52.5 Å². The van der Waals surface area contributed by atoms with Crippen LogP contribution in [0.25, 0.3) is 0 Å². The van der Waals surface area contributed by atoms with Crippen molar-refractivity contribution in [3.63, 3.8) is 0 Å². The minimum atomic E-state index is -0.935. The first-order chi connectivity index (χ1) is 12.9. The lowest BCUT2D eigenvalue weighted by atomic mass is 9.71. The molecule has 27 heavy (non-hydrogen) atoms. The van der Waals surface area contributed by atoms with Gasteiger partial charge in [-0.15, -0.1) is 0 Å². The highest BCUT2D eigenvalue weighted by Gasteiger charge is 2.45. The molecule has 0 radical (unpaired) electrons. The van der Waals surface area contributed by atoms with Gasteiger partial charge in [-0.3, -0.25) is 19.3 Å². The average Bonchev–Trinajstić information content (AvgIpc) is 2.89. The van der Waals surface area contributed by atoms with E-state index in [9.17, 15) is 18.8 Å². The fraction of sp³-hybridized carbons (Fsp3) is 0.286. The van der Waals surface area contributed by atoms with Crippen LogP contribution in [0.15, 0.2) is 48.5 Å². The molecule has 4 rings (SSSR count). The Kier molecular flexibility index (Phi) is 4.06. The third kappa shape index (κ3) is 2.72. The highest BCUT2D eigenvalue weighted by atomic mass is 19.1. The Morgan fingerprint density at radius 1 is 1.04 bits per heavy atom. The second-order valence-electron chi connectivity index (χ2n) is 7.13. The van der Waals surface area contributed by atoms with E-state index < -0.39 is 29.3 Å². The van der Waals surface area contributed by atoms with E-state index in [4.69, 9.17) is 0 Å². The monoisotopic (exact) mass is 366 g/mol. The van der Waals surface area contributed by atoms with Crippen LogP contribution in [-0.4, -0.2) is 28.7 Å². The van der Waals surface area contributed by atoms with Gasteiger partial charge in [0.05, 0.1) is 16.7 Å². The van der Waals surface area contributed by atoms with Crippen LogP contribution < -0.4 is 5.32 Å². The van der Waals surface area contributed by atoms with Crippen LogP contribution in [0.2, 0.25) is 0 Å². The van der Waals surface area contributed by atoms with Gasteiger partial charge in [0.2, 0.25) is 5.91 Å². The van der Waals surface area contributed by atoms with Crippen LogP contribution in [0.5, 0.6) is 0 Å². The zero-order chi connectivity index (χ0) is 19.2. The molecule has 3 amide bonds. The summed E-state index contributed by atoms with van der Waals surface area (Å²) < 4.78 is 13.2. The maximum Gasteiger partial charge on any atom is 0.262 e. The molecular weight excluding hydrogens is 347 g/mol. The van der Waals surface area contributed by atoms with Crippen LogP contribution in [0.3, 0.4) is 0 Å². The quantitative estimate of drug-likeness (QED) is 0.846. The number of amides is 3. The molecule has 1 aliphatic heterocycles. The molecule has 2 aliphatic rings. The number of rotatable bonds is 4. The predicted octanol–water partition coefficient (Wildman–Crippen LogP) is 3.01. The van der Waals surface area contributed by atoms with E-state index in [0.29, 0.717) is 11.1 Å². The molecule has 1 N–H and O–H groups in total. The van der Waals surface area contributed by atoms with E-state index in [1.807, 2.05) is 0 Å². The third-order valence-corrected chi connectivity index (χ3v) is 5.56. The molecule has 0 bridgehead atoms. The van der Waals surface area contributed by atoms with Crippen molar-refractivity contribution < 1.29 is 18.8 Å². The van der Waals surface area contributed by atoms with Gasteiger partial charge in [0.15, 0.2) is 0 Å². The van der Waals surface area contributed by atoms with Gasteiger partial charge >= 0.3 is 0 Å². The first-order valence-corrected chi connectivity index (χ1v) is 8.98. The molecule has 1 saturated carbocycles. The number of hydrogen-bond acceptors (Lipinski definition) is 3. The Morgan fingerprint density at radius 2 is 1.59 bits per heavy atom. The fourth-order valence-electron chi connectivity index (χ4n) is 3.80. The van der Waals surface area contributed by atoms with Gasteiger partial charge in [0.1, 0.15) is 11.9 Å². The number of carbonyl (C=O) groups excluding carboxylic acids is 3. The van der Waals surface area contributed by atoms with Gasteiger partial charge in [0.25, 0.3) is 11.8 Å². The second-order valence-corrected chi connectivity index (χ2v) is 7.13. The maximum absolute atomic E-state index is 13.2. The molecule has 0 spiro atoms. The van der Waals surface area contributed by atoms with Crippen LogP contribution in [-0.2, 0) is 10.3 Å². The number of fused-ring (bicyclic) bond motifs is 1. The summed E-state index contributed by atoms with van der Waals surface area (Å²) in [7, 11) is 0. The molecule has 1 unspecified atom stereocenters. The Bertz CT molecular complexity index is 900. The van der Waals surface area contributed by atoms with Crippen molar-refractivity contribution in [1.29, 1.82) is 0 Å². The normalized spacial score (nSPS) is 18.7. The van der Waals surface area contributed by atoms with Gasteiger partial charge in [0, 0.05) is 0 Å². The number of nitrogens with one attached hydrogen (secondary N) is 1. The zero-order valence-electron chi connectivity index (χ0n) is 14.9. The summed E-state index contributed by atoms with van der Waals surface area (Å²) in [4.78, 5) is 39.1.